The zero-order valence-corrected chi connectivity index (χ0v) is 22.5. The summed E-state index contributed by atoms with van der Waals surface area (Å²) in [5.41, 5.74) is 2.89. The molecule has 2 aromatic heterocycles. The number of hydrogen-bond acceptors (Lipinski definition) is 8. The molecular formula is C26H31FN6O5S. The number of pyridine rings is 1. The van der Waals surface area contributed by atoms with Crippen LogP contribution in [0, 0.1) is 5.95 Å². The Hall–Kier alpha value is -3.26. The third-order valence-corrected chi connectivity index (χ3v) is 8.72. The zero-order chi connectivity index (χ0) is 27.4. The third kappa shape index (κ3) is 6.67. The summed E-state index contributed by atoms with van der Waals surface area (Å²) in [7, 11) is -3.70. The molecular weight excluding hydrogens is 527 g/mol. The Balaban J connectivity index is 1.22. The summed E-state index contributed by atoms with van der Waals surface area (Å²) < 4.78 is 53.5. The molecule has 2 fully saturated rings. The minimum atomic E-state index is -3.70. The van der Waals surface area contributed by atoms with Crippen LogP contribution in [0.4, 0.5) is 4.39 Å². The molecule has 0 saturated carbocycles. The molecule has 208 valence electrons. The van der Waals surface area contributed by atoms with Gasteiger partial charge in [-0.05, 0) is 36.6 Å². The van der Waals surface area contributed by atoms with Gasteiger partial charge in [-0.2, -0.15) is 8.70 Å². The van der Waals surface area contributed by atoms with E-state index in [4.69, 9.17) is 9.47 Å². The predicted octanol–water partition coefficient (Wildman–Crippen LogP) is 2.20. The summed E-state index contributed by atoms with van der Waals surface area (Å²) in [6.45, 7) is 3.83. The molecule has 1 amide bonds. The van der Waals surface area contributed by atoms with Crippen molar-refractivity contribution in [3.63, 3.8) is 0 Å². The first-order valence-electron chi connectivity index (χ1n) is 12.9. The van der Waals surface area contributed by atoms with Gasteiger partial charge in [0.25, 0.3) is 0 Å². The summed E-state index contributed by atoms with van der Waals surface area (Å²) >= 11 is 0. The van der Waals surface area contributed by atoms with Gasteiger partial charge in [0.1, 0.15) is 11.7 Å². The first kappa shape index (κ1) is 27.3. The number of ether oxygens (including phenoxy) is 2. The van der Waals surface area contributed by atoms with E-state index < -0.39 is 22.0 Å². The van der Waals surface area contributed by atoms with Gasteiger partial charge in [0, 0.05) is 37.8 Å². The lowest BCUT2D eigenvalue weighted by molar-refractivity contribution is -0.182. The number of aromatic nitrogens is 4. The second-order valence-electron chi connectivity index (χ2n) is 9.65. The van der Waals surface area contributed by atoms with Gasteiger partial charge in [0.15, 0.2) is 6.29 Å². The largest absolute Gasteiger partial charge is 0.353 e. The van der Waals surface area contributed by atoms with Gasteiger partial charge >= 0.3 is 0 Å². The van der Waals surface area contributed by atoms with Crippen molar-refractivity contribution in [1.82, 2.24) is 29.2 Å². The minimum Gasteiger partial charge on any atom is -0.353 e. The van der Waals surface area contributed by atoms with Crippen LogP contribution < -0.4 is 0 Å². The van der Waals surface area contributed by atoms with E-state index in [9.17, 15) is 17.6 Å². The number of nitrogens with zero attached hydrogens (tertiary/aromatic N) is 6. The van der Waals surface area contributed by atoms with Crippen LogP contribution in [0.5, 0.6) is 0 Å². The topological polar surface area (TPSA) is 120 Å². The number of sulfonamides is 1. The van der Waals surface area contributed by atoms with E-state index in [0.717, 1.165) is 23.1 Å². The van der Waals surface area contributed by atoms with E-state index in [-0.39, 0.29) is 37.6 Å². The van der Waals surface area contributed by atoms with Crippen LogP contribution in [-0.4, -0.2) is 81.4 Å². The highest BCUT2D eigenvalue weighted by Gasteiger charge is 2.38. The number of carbonyl (C=O) groups excluding carboxylic acids is 1. The van der Waals surface area contributed by atoms with Crippen LogP contribution >= 0.6 is 0 Å². The van der Waals surface area contributed by atoms with Gasteiger partial charge in [-0.1, -0.05) is 29.5 Å². The smallest absolute Gasteiger partial charge is 0.241 e. The fourth-order valence-electron chi connectivity index (χ4n) is 4.66. The monoisotopic (exact) mass is 558 g/mol. The van der Waals surface area contributed by atoms with Crippen molar-refractivity contribution in [3.8, 4) is 11.1 Å². The number of carbonyl (C=O) groups is 1. The molecule has 0 radical (unpaired) electrons. The molecule has 1 atom stereocenters. The van der Waals surface area contributed by atoms with Crippen molar-refractivity contribution in [2.75, 3.05) is 25.5 Å². The third-order valence-electron chi connectivity index (χ3n) is 6.86. The highest BCUT2D eigenvalue weighted by Crippen LogP contribution is 2.23. The second-order valence-corrected chi connectivity index (χ2v) is 11.7. The summed E-state index contributed by atoms with van der Waals surface area (Å²) in [6, 6.07) is 9.28. The Labute approximate surface area is 226 Å². The van der Waals surface area contributed by atoms with E-state index in [1.807, 2.05) is 12.1 Å². The van der Waals surface area contributed by atoms with E-state index in [2.05, 4.69) is 15.3 Å². The zero-order valence-electron chi connectivity index (χ0n) is 21.6. The highest BCUT2D eigenvalue weighted by atomic mass is 32.2. The number of hydrogen-bond donors (Lipinski definition) is 0. The van der Waals surface area contributed by atoms with Crippen molar-refractivity contribution < 1.29 is 27.1 Å². The number of aryl methyl sites for hydroxylation is 1. The SMILES string of the molecule is CC1C(=O)N(Cc2cn(CCC3OCCCO3)nn2)CCS(=O)(=O)N1Cc1ccc(-c2ccc(F)nc2)cc1. The van der Waals surface area contributed by atoms with Crippen LogP contribution in [0.3, 0.4) is 0 Å². The summed E-state index contributed by atoms with van der Waals surface area (Å²) in [5, 5.41) is 8.31. The summed E-state index contributed by atoms with van der Waals surface area (Å²) in [4.78, 5) is 18.5. The Bertz CT molecular complexity index is 1380. The van der Waals surface area contributed by atoms with E-state index in [1.54, 1.807) is 36.0 Å². The number of halogens is 1. The Kier molecular flexibility index (Phi) is 8.31. The molecule has 2 aliphatic rings. The molecule has 1 unspecified atom stereocenters. The maximum atomic E-state index is 13.3. The van der Waals surface area contributed by atoms with E-state index in [1.165, 1.54) is 21.5 Å². The molecule has 2 saturated heterocycles. The van der Waals surface area contributed by atoms with Crippen molar-refractivity contribution in [2.24, 2.45) is 0 Å². The summed E-state index contributed by atoms with van der Waals surface area (Å²) in [5.74, 6) is -1.03. The Morgan fingerprint density at radius 1 is 1.05 bits per heavy atom. The van der Waals surface area contributed by atoms with Crippen LogP contribution in [0.15, 0.2) is 48.8 Å². The number of amides is 1. The molecule has 4 heterocycles. The van der Waals surface area contributed by atoms with Crippen LogP contribution in [0.2, 0.25) is 0 Å². The van der Waals surface area contributed by atoms with Gasteiger partial charge in [-0.15, -0.1) is 5.10 Å². The molecule has 3 aromatic rings. The lowest BCUT2D eigenvalue weighted by Gasteiger charge is -2.26. The second kappa shape index (κ2) is 11.9. The van der Waals surface area contributed by atoms with Gasteiger partial charge in [-0.25, -0.2) is 13.4 Å². The average Bonchev–Trinajstić information content (AvgIpc) is 3.38. The predicted molar refractivity (Wildman–Crippen MR) is 139 cm³/mol. The quantitative estimate of drug-likeness (QED) is 0.386. The molecule has 0 bridgehead atoms. The number of rotatable bonds is 8. The molecule has 39 heavy (non-hydrogen) atoms. The van der Waals surface area contributed by atoms with Crippen molar-refractivity contribution in [3.05, 3.63) is 66.0 Å². The first-order chi connectivity index (χ1) is 18.8. The lowest BCUT2D eigenvalue weighted by atomic mass is 10.1. The summed E-state index contributed by atoms with van der Waals surface area (Å²) in [6.07, 6.45) is 4.47. The molecule has 0 N–H and O–H groups in total. The van der Waals surface area contributed by atoms with E-state index in [0.29, 0.717) is 31.9 Å². The molecule has 1 aromatic carbocycles. The van der Waals surface area contributed by atoms with Crippen molar-refractivity contribution in [2.45, 2.75) is 51.7 Å². The maximum Gasteiger partial charge on any atom is 0.241 e. The fourth-order valence-corrected chi connectivity index (χ4v) is 6.26. The first-order valence-corrected chi connectivity index (χ1v) is 14.5. The highest BCUT2D eigenvalue weighted by molar-refractivity contribution is 7.89. The van der Waals surface area contributed by atoms with E-state index >= 15 is 0 Å². The van der Waals surface area contributed by atoms with Gasteiger partial charge < -0.3 is 14.4 Å². The molecule has 2 aliphatic heterocycles. The van der Waals surface area contributed by atoms with Crippen LogP contribution in [0.25, 0.3) is 11.1 Å². The molecule has 0 aliphatic carbocycles. The molecule has 11 nitrogen and oxygen atoms in total. The molecule has 0 spiro atoms. The fraction of sp³-hybridized carbons (Fsp3) is 0.462. The standard InChI is InChI=1S/C26H31FN6O5S/c1-19-26(34)31(17-23-18-32(30-29-23)10-9-25-37-12-2-13-38-25)11-14-39(35,36)33(19)16-20-3-5-21(6-4-20)22-7-8-24(27)28-15-22/h3-8,15,18-19,25H,2,9-14,16-17H2,1H3. The Morgan fingerprint density at radius 3 is 2.51 bits per heavy atom. The van der Waals surface area contributed by atoms with Gasteiger partial charge in [-0.3, -0.25) is 9.48 Å². The molecule has 13 heteroatoms. The van der Waals surface area contributed by atoms with Gasteiger partial charge in [0.05, 0.1) is 31.7 Å². The van der Waals surface area contributed by atoms with Crippen LogP contribution in [0.1, 0.15) is 31.0 Å². The minimum absolute atomic E-state index is 0.0620. The average molecular weight is 559 g/mol. The Morgan fingerprint density at radius 2 is 1.79 bits per heavy atom. The van der Waals surface area contributed by atoms with Gasteiger partial charge in [0.2, 0.25) is 21.9 Å². The molecule has 5 rings (SSSR count). The van der Waals surface area contributed by atoms with Crippen LogP contribution in [-0.2, 0) is 43.9 Å². The lowest BCUT2D eigenvalue weighted by Crippen LogP contribution is -2.45. The van der Waals surface area contributed by atoms with Crippen molar-refractivity contribution >= 4 is 15.9 Å². The number of benzene rings is 1. The normalized spacial score (nSPS) is 20.7. The van der Waals surface area contributed by atoms with Crippen molar-refractivity contribution in [1.29, 1.82) is 0 Å². The maximum absolute atomic E-state index is 13.3.